The van der Waals surface area contributed by atoms with Gasteiger partial charge >= 0.3 is 11.9 Å². The van der Waals surface area contributed by atoms with Gasteiger partial charge in [0, 0.05) is 31.1 Å². The van der Waals surface area contributed by atoms with Gasteiger partial charge in [0.2, 0.25) is 18.0 Å². The third-order valence-corrected chi connectivity index (χ3v) is 9.18. The first kappa shape index (κ1) is 29.8. The number of nitrogens with one attached hydrogen (secondary N) is 1. The van der Waals surface area contributed by atoms with E-state index in [0.717, 1.165) is 24.8 Å². The van der Waals surface area contributed by atoms with E-state index in [2.05, 4.69) is 12.2 Å². The molecule has 11 nitrogen and oxygen atoms in total. The van der Waals surface area contributed by atoms with E-state index in [-0.39, 0.29) is 49.4 Å². The molecule has 1 spiro atoms. The van der Waals surface area contributed by atoms with E-state index in [4.69, 9.17) is 28.7 Å². The van der Waals surface area contributed by atoms with Gasteiger partial charge in [-0.1, -0.05) is 26.0 Å². The summed E-state index contributed by atoms with van der Waals surface area (Å²) >= 11 is 0. The van der Waals surface area contributed by atoms with E-state index in [9.17, 15) is 19.5 Å². The van der Waals surface area contributed by atoms with Crippen molar-refractivity contribution < 1.29 is 48.2 Å². The molecular weight excluding hydrogens is 534 g/mol. The van der Waals surface area contributed by atoms with Crippen molar-refractivity contribution in [3.63, 3.8) is 0 Å². The van der Waals surface area contributed by atoms with Crippen LogP contribution in [0.15, 0.2) is 24.3 Å². The predicted molar refractivity (Wildman–Crippen MR) is 143 cm³/mol. The fourth-order valence-corrected chi connectivity index (χ4v) is 6.98. The van der Waals surface area contributed by atoms with Gasteiger partial charge in [-0.05, 0) is 62.6 Å². The molecule has 0 radical (unpaired) electrons. The molecule has 9 atom stereocenters. The average molecular weight is 576 g/mol. The average Bonchev–Trinajstić information content (AvgIpc) is 3.17. The quantitative estimate of drug-likeness (QED) is 0.332. The van der Waals surface area contributed by atoms with Crippen LogP contribution in [-0.4, -0.2) is 59.6 Å². The Hall–Kier alpha value is -2.73. The fourth-order valence-electron chi connectivity index (χ4n) is 6.98. The van der Waals surface area contributed by atoms with Crippen molar-refractivity contribution in [3.05, 3.63) is 29.8 Å². The Bertz CT molecular complexity index is 1130. The molecule has 6 rings (SSSR count). The maximum absolute atomic E-state index is 12.9. The second-order valence-electron chi connectivity index (χ2n) is 12.0. The number of esters is 2. The highest BCUT2D eigenvalue weighted by Crippen LogP contribution is 2.60. The number of rotatable bonds is 9. The van der Waals surface area contributed by atoms with Crippen LogP contribution >= 0.6 is 0 Å². The summed E-state index contributed by atoms with van der Waals surface area (Å²) in [4.78, 5) is 50.0. The standard InChI is InChI=1S/C30H41NO10/c1-5-36-26(35)23(16-19-7-9-20(32)10-8-19)31-24(33)12-13-25(34)37-27-18(3)22-11-6-17(2)21-14-15-29(4)39-28(38-27)30(21,22)41-40-29/h7-10,17-18,21-23,27-28,32H,5-6,11-16H2,1-4H3,(H,31,33)/t17-,18-,21+,22+,23-,27-,28-,29-,30-/m1/s1. The van der Waals surface area contributed by atoms with Gasteiger partial charge in [0.1, 0.15) is 11.8 Å². The van der Waals surface area contributed by atoms with Crippen molar-refractivity contribution in [3.8, 4) is 5.75 Å². The van der Waals surface area contributed by atoms with Gasteiger partial charge in [-0.25, -0.2) is 14.6 Å². The number of hydrogen-bond donors (Lipinski definition) is 2. The zero-order valence-corrected chi connectivity index (χ0v) is 24.1. The highest BCUT2D eigenvalue weighted by atomic mass is 17.3. The SMILES string of the molecule is CCOC(=O)[C@@H](Cc1ccc(O)cc1)NC(=O)CCC(=O)O[C@@H]1O[C@@H]2O[C@@]3(C)CC[C@H]4[C@H](C)CC[C@@H]([C@H]1C)[C@@]24OO3. The van der Waals surface area contributed by atoms with Crippen LogP contribution in [0.2, 0.25) is 0 Å². The first-order valence-electron chi connectivity index (χ1n) is 14.7. The van der Waals surface area contributed by atoms with Crippen LogP contribution in [0.1, 0.15) is 71.8 Å². The number of aromatic hydroxyl groups is 1. The molecule has 4 saturated heterocycles. The molecule has 5 aliphatic rings. The zero-order valence-electron chi connectivity index (χ0n) is 24.1. The Morgan fingerprint density at radius 1 is 1.07 bits per heavy atom. The summed E-state index contributed by atoms with van der Waals surface area (Å²) in [6.45, 7) is 7.90. The van der Waals surface area contributed by atoms with Crippen molar-refractivity contribution >= 4 is 17.8 Å². The Labute approximate surface area is 240 Å². The van der Waals surface area contributed by atoms with Gasteiger partial charge in [0.15, 0.2) is 11.9 Å². The van der Waals surface area contributed by atoms with Crippen LogP contribution in [0.25, 0.3) is 0 Å². The highest BCUT2D eigenvalue weighted by molar-refractivity contribution is 5.86. The number of phenolic OH excluding ortho intramolecular Hbond substituents is 1. The molecule has 11 heteroatoms. The Morgan fingerprint density at radius 3 is 2.56 bits per heavy atom. The third-order valence-electron chi connectivity index (χ3n) is 9.18. The number of carbonyl (C=O) groups is 3. The van der Waals surface area contributed by atoms with Crippen LogP contribution in [0.5, 0.6) is 5.75 Å². The molecule has 226 valence electrons. The summed E-state index contributed by atoms with van der Waals surface area (Å²) in [5.74, 6) is -2.02. The normalized spacial score (nSPS) is 36.4. The lowest BCUT2D eigenvalue weighted by Gasteiger charge is -2.59. The predicted octanol–water partition coefficient (Wildman–Crippen LogP) is 3.51. The zero-order chi connectivity index (χ0) is 29.4. The largest absolute Gasteiger partial charge is 0.508 e. The van der Waals surface area contributed by atoms with E-state index in [0.29, 0.717) is 12.3 Å². The fraction of sp³-hybridized carbons (Fsp3) is 0.700. The second kappa shape index (κ2) is 11.9. The molecule has 1 saturated carbocycles. The molecule has 2 bridgehead atoms. The van der Waals surface area contributed by atoms with Crippen molar-refractivity contribution in [2.24, 2.45) is 23.7 Å². The van der Waals surface area contributed by atoms with Gasteiger partial charge in [-0.3, -0.25) is 9.59 Å². The molecule has 4 aliphatic heterocycles. The summed E-state index contributed by atoms with van der Waals surface area (Å²) in [6, 6.07) is 5.40. The third kappa shape index (κ3) is 5.95. The molecule has 1 aromatic carbocycles. The number of hydrogen-bond acceptors (Lipinski definition) is 10. The smallest absolute Gasteiger partial charge is 0.328 e. The van der Waals surface area contributed by atoms with Crippen molar-refractivity contribution in [1.82, 2.24) is 5.32 Å². The second-order valence-corrected chi connectivity index (χ2v) is 12.0. The lowest BCUT2D eigenvalue weighted by atomic mass is 9.58. The number of fused-ring (bicyclic) bond motifs is 2. The lowest BCUT2D eigenvalue weighted by Crippen LogP contribution is -2.70. The number of carbonyl (C=O) groups excluding carboxylic acids is 3. The topological polar surface area (TPSA) is 139 Å². The molecule has 0 unspecified atom stereocenters. The van der Waals surface area contributed by atoms with Crippen molar-refractivity contribution in [2.45, 2.75) is 103 Å². The maximum Gasteiger partial charge on any atom is 0.328 e. The molecule has 5 fully saturated rings. The molecule has 4 heterocycles. The van der Waals surface area contributed by atoms with Crippen LogP contribution < -0.4 is 5.32 Å². The van der Waals surface area contributed by atoms with Crippen LogP contribution in [0.3, 0.4) is 0 Å². The molecule has 41 heavy (non-hydrogen) atoms. The Morgan fingerprint density at radius 2 is 1.83 bits per heavy atom. The summed E-state index contributed by atoms with van der Waals surface area (Å²) < 4.78 is 23.5. The van der Waals surface area contributed by atoms with Crippen LogP contribution in [-0.2, 0) is 49.5 Å². The van der Waals surface area contributed by atoms with E-state index >= 15 is 0 Å². The van der Waals surface area contributed by atoms with Gasteiger partial charge in [0.05, 0.1) is 13.0 Å². The Balaban J connectivity index is 1.19. The van der Waals surface area contributed by atoms with Gasteiger partial charge in [-0.15, -0.1) is 0 Å². The van der Waals surface area contributed by atoms with Gasteiger partial charge in [0.25, 0.3) is 0 Å². The van der Waals surface area contributed by atoms with Crippen LogP contribution in [0, 0.1) is 23.7 Å². The number of ether oxygens (including phenoxy) is 4. The highest BCUT2D eigenvalue weighted by Gasteiger charge is 2.69. The molecule has 1 aromatic rings. The minimum atomic E-state index is -0.936. The summed E-state index contributed by atoms with van der Waals surface area (Å²) in [7, 11) is 0. The minimum absolute atomic E-state index is 0.0106. The number of phenols is 1. The van der Waals surface area contributed by atoms with E-state index in [1.807, 2.05) is 13.8 Å². The van der Waals surface area contributed by atoms with E-state index in [1.165, 1.54) is 12.1 Å². The molecule has 1 amide bonds. The molecular formula is C30H41NO10. The van der Waals surface area contributed by atoms with Gasteiger partial charge in [-0.2, -0.15) is 0 Å². The van der Waals surface area contributed by atoms with E-state index < -0.39 is 47.9 Å². The minimum Gasteiger partial charge on any atom is -0.508 e. The maximum atomic E-state index is 12.9. The summed E-state index contributed by atoms with van der Waals surface area (Å²) in [6.07, 6.45) is 1.72. The van der Waals surface area contributed by atoms with Crippen LogP contribution in [0.4, 0.5) is 0 Å². The summed E-state index contributed by atoms with van der Waals surface area (Å²) in [5.41, 5.74) is -0.0195. The monoisotopic (exact) mass is 575 g/mol. The van der Waals surface area contributed by atoms with Crippen molar-refractivity contribution in [2.75, 3.05) is 6.61 Å². The first-order chi connectivity index (χ1) is 19.5. The first-order valence-corrected chi connectivity index (χ1v) is 14.7. The molecule has 2 N–H and O–H groups in total. The number of benzene rings is 1. The molecule has 0 aromatic heterocycles. The van der Waals surface area contributed by atoms with Gasteiger partial charge < -0.3 is 29.4 Å². The van der Waals surface area contributed by atoms with Crippen molar-refractivity contribution in [1.29, 1.82) is 0 Å². The van der Waals surface area contributed by atoms with E-state index in [1.54, 1.807) is 19.1 Å². The summed E-state index contributed by atoms with van der Waals surface area (Å²) in [5, 5.41) is 12.2. The Kier molecular flexibility index (Phi) is 8.61. The number of amides is 1. The molecule has 1 aliphatic carbocycles. The lowest BCUT2D eigenvalue weighted by molar-refractivity contribution is -0.576.